The fraction of sp³-hybridized carbons (Fsp3) is 0.333. The van der Waals surface area contributed by atoms with Crippen molar-refractivity contribution < 1.29 is 18.0 Å². The van der Waals surface area contributed by atoms with E-state index in [1.54, 1.807) is 37.3 Å². The van der Waals surface area contributed by atoms with Crippen LogP contribution in [0, 0.1) is 0 Å². The molecule has 0 radical (unpaired) electrons. The normalized spacial score (nSPS) is 12.0. The van der Waals surface area contributed by atoms with Crippen molar-refractivity contribution in [2.75, 3.05) is 17.4 Å². The molecule has 1 unspecified atom stereocenters. The Morgan fingerprint density at radius 2 is 1.62 bits per heavy atom. The Labute approximate surface area is 240 Å². The molecule has 0 bridgehead atoms. The van der Waals surface area contributed by atoms with Gasteiger partial charge in [-0.2, -0.15) is 0 Å². The number of nitrogens with one attached hydrogen (secondary N) is 1. The van der Waals surface area contributed by atoms with Crippen LogP contribution in [0.1, 0.15) is 44.7 Å². The molecule has 0 aliphatic heterocycles. The van der Waals surface area contributed by atoms with Crippen molar-refractivity contribution in [1.29, 1.82) is 0 Å². The third kappa shape index (κ3) is 8.16. The van der Waals surface area contributed by atoms with Crippen LogP contribution in [0.5, 0.6) is 0 Å². The lowest BCUT2D eigenvalue weighted by Crippen LogP contribution is -2.51. The summed E-state index contributed by atoms with van der Waals surface area (Å²) in [7, 11) is -4.07. The van der Waals surface area contributed by atoms with Gasteiger partial charge in [0.2, 0.25) is 11.8 Å². The molecule has 0 saturated carbocycles. The first-order chi connectivity index (χ1) is 18.7. The fourth-order valence-corrected chi connectivity index (χ4v) is 5.98. The van der Waals surface area contributed by atoms with Gasteiger partial charge in [-0.1, -0.05) is 78.7 Å². The zero-order valence-corrected chi connectivity index (χ0v) is 25.0. The van der Waals surface area contributed by atoms with Crippen LogP contribution in [0.15, 0.2) is 88.2 Å². The third-order valence-corrected chi connectivity index (χ3v) is 8.76. The summed E-state index contributed by atoms with van der Waals surface area (Å²) in [6.07, 6.45) is 2.56. The Kier molecular flexibility index (Phi) is 11.1. The van der Waals surface area contributed by atoms with E-state index in [4.69, 9.17) is 0 Å². The van der Waals surface area contributed by atoms with Crippen LogP contribution in [0.3, 0.4) is 0 Å². The molecule has 0 aliphatic carbocycles. The van der Waals surface area contributed by atoms with Crippen molar-refractivity contribution >= 4 is 43.5 Å². The summed E-state index contributed by atoms with van der Waals surface area (Å²) in [5.74, 6) is -0.760. The van der Waals surface area contributed by atoms with E-state index in [9.17, 15) is 18.0 Å². The van der Waals surface area contributed by atoms with Gasteiger partial charge in [-0.15, -0.1) is 0 Å². The molecule has 3 aromatic rings. The minimum absolute atomic E-state index is 0.0845. The van der Waals surface area contributed by atoms with E-state index >= 15 is 0 Å². The lowest BCUT2D eigenvalue weighted by atomic mass is 10.1. The first-order valence-electron chi connectivity index (χ1n) is 13.2. The fourth-order valence-electron chi connectivity index (χ4n) is 4.10. The molecule has 0 saturated heterocycles. The predicted octanol–water partition coefficient (Wildman–Crippen LogP) is 5.54. The van der Waals surface area contributed by atoms with Gasteiger partial charge in [0.1, 0.15) is 12.6 Å². The van der Waals surface area contributed by atoms with E-state index in [2.05, 4.69) is 21.2 Å². The van der Waals surface area contributed by atoms with Crippen molar-refractivity contribution in [3.05, 3.63) is 94.5 Å². The first-order valence-corrected chi connectivity index (χ1v) is 15.4. The van der Waals surface area contributed by atoms with Gasteiger partial charge in [0.05, 0.1) is 10.6 Å². The molecular formula is C30H36BrN3O4S. The third-order valence-electron chi connectivity index (χ3n) is 6.48. The summed E-state index contributed by atoms with van der Waals surface area (Å²) in [6, 6.07) is 21.9. The average Bonchev–Trinajstić information content (AvgIpc) is 2.94. The minimum atomic E-state index is -4.07. The van der Waals surface area contributed by atoms with Gasteiger partial charge >= 0.3 is 0 Å². The van der Waals surface area contributed by atoms with Crippen molar-refractivity contribution in [3.8, 4) is 0 Å². The van der Waals surface area contributed by atoms with Crippen LogP contribution in [-0.2, 0) is 32.6 Å². The monoisotopic (exact) mass is 613 g/mol. The number of carbonyl (C=O) groups is 2. The van der Waals surface area contributed by atoms with Crippen LogP contribution >= 0.6 is 15.9 Å². The molecule has 1 atom stereocenters. The molecule has 2 amide bonds. The average molecular weight is 615 g/mol. The predicted molar refractivity (Wildman–Crippen MR) is 159 cm³/mol. The number of carbonyl (C=O) groups excluding carboxylic acids is 2. The summed E-state index contributed by atoms with van der Waals surface area (Å²) < 4.78 is 29.6. The number of amides is 2. The topological polar surface area (TPSA) is 86.8 Å². The van der Waals surface area contributed by atoms with Crippen LogP contribution in [0.25, 0.3) is 0 Å². The maximum atomic E-state index is 13.9. The molecule has 39 heavy (non-hydrogen) atoms. The molecule has 3 aromatic carbocycles. The molecular weight excluding hydrogens is 578 g/mol. The number of hydrogen-bond donors (Lipinski definition) is 1. The Balaban J connectivity index is 1.99. The number of unbranched alkanes of at least 4 members (excludes halogenated alkanes) is 1. The highest BCUT2D eigenvalue weighted by molar-refractivity contribution is 9.10. The summed E-state index contributed by atoms with van der Waals surface area (Å²) in [6.45, 7) is 5.93. The molecule has 1 N–H and O–H groups in total. The van der Waals surface area contributed by atoms with E-state index in [-0.39, 0.29) is 17.3 Å². The standard InChI is InChI=1S/C30H36BrN3O4S/c1-4-6-19-32-30(36)23(3)33(21-25-11-10-12-26(31)20-25)29(35)22-34(27-17-15-24(5-2)16-18-27)39(37,38)28-13-8-7-9-14-28/h7-18,20,23H,4-6,19,21-22H2,1-3H3,(H,32,36). The van der Waals surface area contributed by atoms with Crippen LogP contribution in [-0.4, -0.2) is 44.3 Å². The van der Waals surface area contributed by atoms with Crippen molar-refractivity contribution in [3.63, 3.8) is 0 Å². The number of nitrogens with zero attached hydrogens (tertiary/aromatic N) is 2. The summed E-state index contributed by atoms with van der Waals surface area (Å²) in [4.78, 5) is 28.5. The molecule has 0 heterocycles. The van der Waals surface area contributed by atoms with E-state index in [1.807, 2.05) is 50.2 Å². The number of benzene rings is 3. The number of sulfonamides is 1. The molecule has 3 rings (SSSR count). The SMILES string of the molecule is CCCCNC(=O)C(C)N(Cc1cccc(Br)c1)C(=O)CN(c1ccc(CC)cc1)S(=O)(=O)c1ccccc1. The number of hydrogen-bond acceptors (Lipinski definition) is 4. The Bertz CT molecular complexity index is 1350. The molecule has 0 spiro atoms. The molecule has 9 heteroatoms. The maximum Gasteiger partial charge on any atom is 0.264 e. The van der Waals surface area contributed by atoms with Crippen molar-refractivity contribution in [2.45, 2.75) is 57.5 Å². The summed E-state index contributed by atoms with van der Waals surface area (Å²) in [5.41, 5.74) is 2.25. The van der Waals surface area contributed by atoms with Crippen LogP contribution < -0.4 is 9.62 Å². The second kappa shape index (κ2) is 14.3. The molecule has 208 valence electrons. The lowest BCUT2D eigenvalue weighted by Gasteiger charge is -2.32. The van der Waals surface area contributed by atoms with Crippen molar-refractivity contribution in [2.24, 2.45) is 0 Å². The number of aryl methyl sites for hydroxylation is 1. The van der Waals surface area contributed by atoms with E-state index in [0.717, 1.165) is 39.2 Å². The Morgan fingerprint density at radius 1 is 0.923 bits per heavy atom. The first kappa shape index (κ1) is 30.4. The Morgan fingerprint density at radius 3 is 2.23 bits per heavy atom. The van der Waals surface area contributed by atoms with Crippen LogP contribution in [0.4, 0.5) is 5.69 Å². The van der Waals surface area contributed by atoms with Gasteiger partial charge in [-0.05, 0) is 67.3 Å². The van der Waals surface area contributed by atoms with E-state index < -0.39 is 28.5 Å². The van der Waals surface area contributed by atoms with Gasteiger partial charge in [0.15, 0.2) is 0 Å². The van der Waals surface area contributed by atoms with Crippen molar-refractivity contribution in [1.82, 2.24) is 10.2 Å². The number of halogens is 1. The molecule has 0 aromatic heterocycles. The molecule has 0 fully saturated rings. The molecule has 7 nitrogen and oxygen atoms in total. The summed E-state index contributed by atoms with van der Waals surface area (Å²) in [5, 5.41) is 2.90. The van der Waals surface area contributed by atoms with E-state index in [0.29, 0.717) is 12.2 Å². The quantitative estimate of drug-likeness (QED) is 0.256. The largest absolute Gasteiger partial charge is 0.354 e. The highest BCUT2D eigenvalue weighted by atomic mass is 79.9. The van der Waals surface area contributed by atoms with Gasteiger partial charge in [0.25, 0.3) is 10.0 Å². The van der Waals surface area contributed by atoms with E-state index in [1.165, 1.54) is 17.0 Å². The smallest absolute Gasteiger partial charge is 0.264 e. The highest BCUT2D eigenvalue weighted by Crippen LogP contribution is 2.25. The number of rotatable bonds is 13. The Hall–Kier alpha value is -3.17. The second-order valence-corrected chi connectivity index (χ2v) is 12.1. The van der Waals surface area contributed by atoms with Gasteiger partial charge in [-0.25, -0.2) is 8.42 Å². The van der Waals surface area contributed by atoms with Crippen LogP contribution in [0.2, 0.25) is 0 Å². The number of anilines is 1. The second-order valence-electron chi connectivity index (χ2n) is 9.32. The van der Waals surface area contributed by atoms with Gasteiger partial charge < -0.3 is 10.2 Å². The zero-order chi connectivity index (χ0) is 28.4. The highest BCUT2D eigenvalue weighted by Gasteiger charge is 2.32. The lowest BCUT2D eigenvalue weighted by molar-refractivity contribution is -0.139. The maximum absolute atomic E-state index is 13.9. The minimum Gasteiger partial charge on any atom is -0.354 e. The zero-order valence-electron chi connectivity index (χ0n) is 22.6. The summed E-state index contributed by atoms with van der Waals surface area (Å²) >= 11 is 3.46. The van der Waals surface area contributed by atoms with Gasteiger partial charge in [0, 0.05) is 17.6 Å². The molecule has 0 aliphatic rings. The van der Waals surface area contributed by atoms with Gasteiger partial charge in [-0.3, -0.25) is 13.9 Å².